The van der Waals surface area contributed by atoms with E-state index in [0.29, 0.717) is 18.0 Å². The number of carbonyl (C=O) groups excluding carboxylic acids is 2. The lowest BCUT2D eigenvalue weighted by molar-refractivity contribution is -0.142. The number of rotatable bonds is 11. The van der Waals surface area contributed by atoms with Gasteiger partial charge in [0.1, 0.15) is 17.5 Å². The minimum Gasteiger partial charge on any atom is -0.497 e. The molecule has 0 aliphatic rings. The van der Waals surface area contributed by atoms with E-state index in [1.807, 2.05) is 55.5 Å². The fraction of sp³-hybridized carbons (Fsp3) is 0.417. The molecule has 6 heteroatoms. The molecule has 0 heterocycles. The summed E-state index contributed by atoms with van der Waals surface area (Å²) < 4.78 is 11.0. The number of nitrogens with one attached hydrogen (secondary N) is 1. The van der Waals surface area contributed by atoms with Gasteiger partial charge in [0.15, 0.2) is 6.61 Å². The highest BCUT2D eigenvalue weighted by Gasteiger charge is 2.26. The Hall–Kier alpha value is -3.02. The lowest BCUT2D eigenvalue weighted by Crippen LogP contribution is -2.49. The van der Waals surface area contributed by atoms with Crippen molar-refractivity contribution in [3.05, 3.63) is 59.7 Å². The SMILES string of the molecule is CCCCNC(=O)[C@H](C)N(Cc1cccc(OC)c1)C(=O)COc1ccccc1C. The Morgan fingerprint density at radius 3 is 2.60 bits per heavy atom. The number of hydrogen-bond acceptors (Lipinski definition) is 4. The van der Waals surface area contributed by atoms with Gasteiger partial charge in [0, 0.05) is 13.1 Å². The van der Waals surface area contributed by atoms with Crippen LogP contribution in [0.1, 0.15) is 37.8 Å². The molecule has 2 aromatic rings. The summed E-state index contributed by atoms with van der Waals surface area (Å²) in [5, 5.41) is 2.91. The Morgan fingerprint density at radius 2 is 1.90 bits per heavy atom. The van der Waals surface area contributed by atoms with Crippen molar-refractivity contribution in [2.24, 2.45) is 0 Å². The van der Waals surface area contributed by atoms with Crippen LogP contribution in [-0.2, 0) is 16.1 Å². The second kappa shape index (κ2) is 11.9. The molecule has 30 heavy (non-hydrogen) atoms. The Labute approximate surface area is 179 Å². The van der Waals surface area contributed by atoms with Crippen LogP contribution in [0.25, 0.3) is 0 Å². The van der Waals surface area contributed by atoms with Crippen LogP contribution in [0.3, 0.4) is 0 Å². The molecule has 1 N–H and O–H groups in total. The monoisotopic (exact) mass is 412 g/mol. The molecule has 0 aromatic heterocycles. The minimum absolute atomic E-state index is 0.137. The average Bonchev–Trinajstić information content (AvgIpc) is 2.76. The zero-order valence-electron chi connectivity index (χ0n) is 18.3. The van der Waals surface area contributed by atoms with Gasteiger partial charge in [-0.2, -0.15) is 0 Å². The quantitative estimate of drug-likeness (QED) is 0.571. The van der Waals surface area contributed by atoms with Crippen LogP contribution in [0, 0.1) is 6.92 Å². The standard InChI is InChI=1S/C24H32N2O4/c1-5-6-14-25-24(28)19(3)26(16-20-11-9-12-21(15-20)29-4)23(27)17-30-22-13-8-7-10-18(22)2/h7-13,15,19H,5-6,14,16-17H2,1-4H3,(H,25,28)/t19-/m0/s1. The van der Waals surface area contributed by atoms with E-state index < -0.39 is 6.04 Å². The van der Waals surface area contributed by atoms with Crippen molar-refractivity contribution in [1.29, 1.82) is 0 Å². The zero-order valence-corrected chi connectivity index (χ0v) is 18.3. The summed E-state index contributed by atoms with van der Waals surface area (Å²) in [6.07, 6.45) is 1.89. The molecule has 0 saturated heterocycles. The number of hydrogen-bond donors (Lipinski definition) is 1. The van der Waals surface area contributed by atoms with Gasteiger partial charge in [0.05, 0.1) is 7.11 Å². The molecule has 0 unspecified atom stereocenters. The lowest BCUT2D eigenvalue weighted by Gasteiger charge is -2.29. The van der Waals surface area contributed by atoms with Gasteiger partial charge in [-0.05, 0) is 49.6 Å². The lowest BCUT2D eigenvalue weighted by atomic mass is 10.1. The van der Waals surface area contributed by atoms with E-state index in [1.54, 1.807) is 18.9 Å². The molecule has 0 radical (unpaired) electrons. The van der Waals surface area contributed by atoms with Gasteiger partial charge in [0.25, 0.3) is 5.91 Å². The van der Waals surface area contributed by atoms with Gasteiger partial charge < -0.3 is 19.7 Å². The summed E-state index contributed by atoms with van der Waals surface area (Å²) in [4.78, 5) is 27.2. The second-order valence-corrected chi connectivity index (χ2v) is 7.25. The first kappa shape index (κ1) is 23.3. The number of para-hydroxylation sites is 1. The molecule has 2 amide bonds. The van der Waals surface area contributed by atoms with Crippen molar-refractivity contribution in [1.82, 2.24) is 10.2 Å². The number of benzene rings is 2. The van der Waals surface area contributed by atoms with Crippen molar-refractivity contribution in [3.63, 3.8) is 0 Å². The molecule has 2 aromatic carbocycles. The van der Waals surface area contributed by atoms with E-state index in [4.69, 9.17) is 9.47 Å². The van der Waals surface area contributed by atoms with Gasteiger partial charge in [-0.1, -0.05) is 43.7 Å². The van der Waals surface area contributed by atoms with Gasteiger partial charge in [-0.15, -0.1) is 0 Å². The maximum Gasteiger partial charge on any atom is 0.261 e. The fourth-order valence-corrected chi connectivity index (χ4v) is 3.03. The Bertz CT molecular complexity index is 837. The first-order valence-electron chi connectivity index (χ1n) is 10.3. The van der Waals surface area contributed by atoms with Crippen LogP contribution in [0.2, 0.25) is 0 Å². The molecule has 1 atom stereocenters. The van der Waals surface area contributed by atoms with Crippen molar-refractivity contribution in [2.45, 2.75) is 46.2 Å². The van der Waals surface area contributed by atoms with Gasteiger partial charge in [-0.3, -0.25) is 9.59 Å². The number of methoxy groups -OCH3 is 1. The first-order valence-corrected chi connectivity index (χ1v) is 10.3. The minimum atomic E-state index is -0.624. The number of ether oxygens (including phenoxy) is 2. The summed E-state index contributed by atoms with van der Waals surface area (Å²) in [5.41, 5.74) is 1.84. The predicted molar refractivity (Wildman–Crippen MR) is 118 cm³/mol. The number of unbranched alkanes of at least 4 members (excludes halogenated alkanes) is 1. The number of carbonyl (C=O) groups is 2. The van der Waals surface area contributed by atoms with Crippen molar-refractivity contribution in [2.75, 3.05) is 20.3 Å². The topological polar surface area (TPSA) is 67.9 Å². The Morgan fingerprint density at radius 1 is 1.13 bits per heavy atom. The highest BCUT2D eigenvalue weighted by molar-refractivity contribution is 5.88. The van der Waals surface area contributed by atoms with Gasteiger partial charge in [0.2, 0.25) is 5.91 Å². The first-order chi connectivity index (χ1) is 14.5. The van der Waals surface area contributed by atoms with Crippen LogP contribution in [0.4, 0.5) is 0 Å². The molecule has 2 rings (SSSR count). The summed E-state index contributed by atoms with van der Waals surface area (Å²) in [5.74, 6) is 0.943. The maximum absolute atomic E-state index is 13.1. The Balaban J connectivity index is 2.15. The van der Waals surface area contributed by atoms with Crippen LogP contribution < -0.4 is 14.8 Å². The summed E-state index contributed by atoms with van der Waals surface area (Å²) >= 11 is 0. The maximum atomic E-state index is 13.1. The third-order valence-corrected chi connectivity index (χ3v) is 4.93. The molecule has 6 nitrogen and oxygen atoms in total. The van der Waals surface area contributed by atoms with E-state index in [0.717, 1.165) is 24.0 Å². The van der Waals surface area contributed by atoms with Crippen molar-refractivity contribution < 1.29 is 19.1 Å². The summed E-state index contributed by atoms with van der Waals surface area (Å²) in [6.45, 7) is 6.49. The second-order valence-electron chi connectivity index (χ2n) is 7.25. The van der Waals surface area contributed by atoms with Gasteiger partial charge >= 0.3 is 0 Å². The molecule has 0 aliphatic heterocycles. The van der Waals surface area contributed by atoms with E-state index in [-0.39, 0.29) is 25.0 Å². The highest BCUT2D eigenvalue weighted by atomic mass is 16.5. The van der Waals surface area contributed by atoms with Gasteiger partial charge in [-0.25, -0.2) is 0 Å². The number of aryl methyl sites for hydroxylation is 1. The van der Waals surface area contributed by atoms with E-state index in [9.17, 15) is 9.59 Å². The molecule has 0 saturated carbocycles. The molecular formula is C24H32N2O4. The number of amides is 2. The smallest absolute Gasteiger partial charge is 0.261 e. The highest BCUT2D eigenvalue weighted by Crippen LogP contribution is 2.18. The average molecular weight is 413 g/mol. The van der Waals surface area contributed by atoms with Crippen LogP contribution in [0.5, 0.6) is 11.5 Å². The van der Waals surface area contributed by atoms with Crippen molar-refractivity contribution in [3.8, 4) is 11.5 Å². The summed E-state index contributed by atoms with van der Waals surface area (Å²) in [7, 11) is 1.60. The summed E-state index contributed by atoms with van der Waals surface area (Å²) in [6, 6.07) is 14.4. The van der Waals surface area contributed by atoms with E-state index >= 15 is 0 Å². The zero-order chi connectivity index (χ0) is 21.9. The third kappa shape index (κ3) is 6.79. The van der Waals surface area contributed by atoms with E-state index in [2.05, 4.69) is 12.2 Å². The Kier molecular flexibility index (Phi) is 9.19. The predicted octanol–water partition coefficient (Wildman–Crippen LogP) is 3.72. The largest absolute Gasteiger partial charge is 0.497 e. The molecule has 0 bridgehead atoms. The van der Waals surface area contributed by atoms with Crippen molar-refractivity contribution >= 4 is 11.8 Å². The molecule has 0 aliphatic carbocycles. The van der Waals surface area contributed by atoms with Crippen LogP contribution in [-0.4, -0.2) is 43.0 Å². The van der Waals surface area contributed by atoms with Crippen LogP contribution in [0.15, 0.2) is 48.5 Å². The normalized spacial score (nSPS) is 11.5. The van der Waals surface area contributed by atoms with Crippen LogP contribution >= 0.6 is 0 Å². The number of nitrogens with zero attached hydrogens (tertiary/aromatic N) is 1. The fourth-order valence-electron chi connectivity index (χ4n) is 3.03. The molecule has 162 valence electrons. The molecule has 0 spiro atoms. The third-order valence-electron chi connectivity index (χ3n) is 4.93. The van der Waals surface area contributed by atoms with E-state index in [1.165, 1.54) is 0 Å². The molecule has 0 fully saturated rings. The molecular weight excluding hydrogens is 380 g/mol.